The minimum absolute atomic E-state index is 0.183. The number of ether oxygens (including phenoxy) is 1. The van der Waals surface area contributed by atoms with Crippen LogP contribution < -0.4 is 4.74 Å². The Morgan fingerprint density at radius 1 is 1.23 bits per heavy atom. The standard InChI is InChI=1S/C16H16Cl2N2O2/c1-3-22-13-7-5-4-6-11(13)10-20(2)16(21)12-8-14(17)19-15(18)9-12/h4-9H,3,10H2,1-2H3. The molecule has 1 amide bonds. The van der Waals surface area contributed by atoms with Gasteiger partial charge in [0.15, 0.2) is 0 Å². The van der Waals surface area contributed by atoms with Crippen molar-refractivity contribution in [2.45, 2.75) is 13.5 Å². The topological polar surface area (TPSA) is 42.4 Å². The van der Waals surface area contributed by atoms with Crippen LogP contribution in [0.1, 0.15) is 22.8 Å². The highest BCUT2D eigenvalue weighted by atomic mass is 35.5. The van der Waals surface area contributed by atoms with Crippen LogP contribution in [-0.2, 0) is 6.54 Å². The summed E-state index contributed by atoms with van der Waals surface area (Å²) in [6.07, 6.45) is 0. The Kier molecular flexibility index (Phi) is 5.63. The molecule has 0 atom stereocenters. The third-order valence-corrected chi connectivity index (χ3v) is 3.42. The summed E-state index contributed by atoms with van der Waals surface area (Å²) < 4.78 is 5.57. The van der Waals surface area contributed by atoms with E-state index in [2.05, 4.69) is 4.98 Å². The Hall–Kier alpha value is -1.78. The SMILES string of the molecule is CCOc1ccccc1CN(C)C(=O)c1cc(Cl)nc(Cl)c1. The van der Waals surface area contributed by atoms with Crippen molar-refractivity contribution in [3.63, 3.8) is 0 Å². The number of amides is 1. The first-order valence-electron chi connectivity index (χ1n) is 6.80. The number of hydrogen-bond donors (Lipinski definition) is 0. The summed E-state index contributed by atoms with van der Waals surface area (Å²) in [5.74, 6) is 0.591. The largest absolute Gasteiger partial charge is 0.494 e. The zero-order chi connectivity index (χ0) is 16.1. The molecule has 0 unspecified atom stereocenters. The molecule has 116 valence electrons. The smallest absolute Gasteiger partial charge is 0.254 e. The first-order valence-corrected chi connectivity index (χ1v) is 7.56. The Bertz CT molecular complexity index is 657. The van der Waals surface area contributed by atoms with Crippen molar-refractivity contribution in [3.05, 3.63) is 57.8 Å². The molecule has 0 aliphatic carbocycles. The van der Waals surface area contributed by atoms with Crippen molar-refractivity contribution < 1.29 is 9.53 Å². The first-order chi connectivity index (χ1) is 10.5. The van der Waals surface area contributed by atoms with E-state index in [1.807, 2.05) is 31.2 Å². The molecule has 0 N–H and O–H groups in total. The van der Waals surface area contributed by atoms with E-state index in [9.17, 15) is 4.79 Å². The molecule has 2 rings (SSSR count). The van der Waals surface area contributed by atoms with Gasteiger partial charge in [-0.25, -0.2) is 4.98 Å². The van der Waals surface area contributed by atoms with Gasteiger partial charge in [-0.2, -0.15) is 0 Å². The summed E-state index contributed by atoms with van der Waals surface area (Å²) >= 11 is 11.7. The van der Waals surface area contributed by atoms with E-state index in [-0.39, 0.29) is 16.2 Å². The zero-order valence-corrected chi connectivity index (χ0v) is 13.9. The first kappa shape index (κ1) is 16.6. The summed E-state index contributed by atoms with van der Waals surface area (Å²) in [6.45, 7) is 2.92. The van der Waals surface area contributed by atoms with Gasteiger partial charge in [-0.15, -0.1) is 0 Å². The minimum atomic E-state index is -0.183. The molecule has 0 radical (unpaired) electrons. The molecule has 6 heteroatoms. The molecule has 0 aliphatic rings. The van der Waals surface area contributed by atoms with Crippen molar-refractivity contribution in [1.82, 2.24) is 9.88 Å². The minimum Gasteiger partial charge on any atom is -0.494 e. The molecule has 4 nitrogen and oxygen atoms in total. The summed E-state index contributed by atoms with van der Waals surface area (Å²) in [5.41, 5.74) is 1.34. The van der Waals surface area contributed by atoms with Crippen LogP contribution in [0.25, 0.3) is 0 Å². The molecular weight excluding hydrogens is 323 g/mol. The van der Waals surface area contributed by atoms with Crippen LogP contribution in [0.4, 0.5) is 0 Å². The van der Waals surface area contributed by atoms with Crippen LogP contribution in [-0.4, -0.2) is 29.4 Å². The van der Waals surface area contributed by atoms with Gasteiger partial charge in [-0.1, -0.05) is 41.4 Å². The molecule has 0 bridgehead atoms. The summed E-state index contributed by atoms with van der Waals surface area (Å²) in [4.78, 5) is 17.9. The highest BCUT2D eigenvalue weighted by Gasteiger charge is 2.15. The van der Waals surface area contributed by atoms with Crippen LogP contribution in [0.15, 0.2) is 36.4 Å². The fourth-order valence-corrected chi connectivity index (χ4v) is 2.53. The molecule has 1 aromatic heterocycles. The summed E-state index contributed by atoms with van der Waals surface area (Å²) in [5, 5.41) is 0.387. The molecule has 0 spiro atoms. The van der Waals surface area contributed by atoms with Gasteiger partial charge >= 0.3 is 0 Å². The van der Waals surface area contributed by atoms with Crippen molar-refractivity contribution in [1.29, 1.82) is 0 Å². The number of aromatic nitrogens is 1. The van der Waals surface area contributed by atoms with Crippen LogP contribution >= 0.6 is 23.2 Å². The summed E-state index contributed by atoms with van der Waals surface area (Å²) in [7, 11) is 1.72. The van der Waals surface area contributed by atoms with Gasteiger partial charge in [0.25, 0.3) is 5.91 Å². The summed E-state index contributed by atoms with van der Waals surface area (Å²) in [6, 6.07) is 10.6. The number of nitrogens with zero attached hydrogens (tertiary/aromatic N) is 2. The van der Waals surface area contributed by atoms with E-state index >= 15 is 0 Å². The van der Waals surface area contributed by atoms with Crippen molar-refractivity contribution >= 4 is 29.1 Å². The van der Waals surface area contributed by atoms with Crippen molar-refractivity contribution in [2.75, 3.05) is 13.7 Å². The number of pyridine rings is 1. The van der Waals surface area contributed by atoms with E-state index in [1.54, 1.807) is 11.9 Å². The highest BCUT2D eigenvalue weighted by molar-refractivity contribution is 6.33. The van der Waals surface area contributed by atoms with Gasteiger partial charge in [-0.05, 0) is 25.1 Å². The van der Waals surface area contributed by atoms with Crippen LogP contribution in [0.5, 0.6) is 5.75 Å². The van der Waals surface area contributed by atoms with E-state index in [0.717, 1.165) is 11.3 Å². The normalized spacial score (nSPS) is 10.4. The Balaban J connectivity index is 2.18. The number of hydrogen-bond acceptors (Lipinski definition) is 3. The van der Waals surface area contributed by atoms with Crippen LogP contribution in [0.2, 0.25) is 10.3 Å². The zero-order valence-electron chi connectivity index (χ0n) is 12.3. The van der Waals surface area contributed by atoms with Gasteiger partial charge in [-0.3, -0.25) is 4.79 Å². The molecule has 0 aliphatic heterocycles. The van der Waals surface area contributed by atoms with Crippen molar-refractivity contribution in [3.8, 4) is 5.75 Å². The molecule has 22 heavy (non-hydrogen) atoms. The lowest BCUT2D eigenvalue weighted by molar-refractivity contribution is 0.0784. The van der Waals surface area contributed by atoms with Gasteiger partial charge in [0, 0.05) is 24.7 Å². The number of rotatable bonds is 5. The lowest BCUT2D eigenvalue weighted by Crippen LogP contribution is -2.26. The maximum atomic E-state index is 12.5. The Morgan fingerprint density at radius 3 is 2.50 bits per heavy atom. The van der Waals surface area contributed by atoms with Crippen LogP contribution in [0.3, 0.4) is 0 Å². The second-order valence-corrected chi connectivity index (χ2v) is 5.48. The Morgan fingerprint density at radius 2 is 1.86 bits per heavy atom. The number of carbonyl (C=O) groups is 1. The van der Waals surface area contributed by atoms with Gasteiger partial charge in [0.2, 0.25) is 0 Å². The molecule has 0 saturated heterocycles. The number of halogens is 2. The second kappa shape index (κ2) is 7.47. The predicted octanol–water partition coefficient (Wildman–Crippen LogP) is 4.06. The van der Waals surface area contributed by atoms with Gasteiger partial charge in [0.1, 0.15) is 16.1 Å². The number of carbonyl (C=O) groups excluding carboxylic acids is 1. The molecule has 2 aromatic rings. The molecule has 0 fully saturated rings. The molecular formula is C16H16Cl2N2O2. The average Bonchev–Trinajstić information content (AvgIpc) is 2.47. The van der Waals surface area contributed by atoms with Crippen molar-refractivity contribution in [2.24, 2.45) is 0 Å². The predicted molar refractivity (Wildman–Crippen MR) is 87.7 cm³/mol. The lowest BCUT2D eigenvalue weighted by Gasteiger charge is -2.19. The van der Waals surface area contributed by atoms with Gasteiger partial charge < -0.3 is 9.64 Å². The monoisotopic (exact) mass is 338 g/mol. The van der Waals surface area contributed by atoms with E-state index in [0.29, 0.717) is 18.7 Å². The quantitative estimate of drug-likeness (QED) is 0.772. The number of para-hydroxylation sites is 1. The lowest BCUT2D eigenvalue weighted by atomic mass is 10.1. The maximum Gasteiger partial charge on any atom is 0.254 e. The third kappa shape index (κ3) is 4.12. The highest BCUT2D eigenvalue weighted by Crippen LogP contribution is 2.21. The van der Waals surface area contributed by atoms with Gasteiger partial charge in [0.05, 0.1) is 6.61 Å². The fourth-order valence-electron chi connectivity index (χ4n) is 2.07. The third-order valence-electron chi connectivity index (χ3n) is 3.04. The maximum absolute atomic E-state index is 12.5. The Labute approximate surface area is 139 Å². The average molecular weight is 339 g/mol. The van der Waals surface area contributed by atoms with E-state index in [4.69, 9.17) is 27.9 Å². The number of benzene rings is 1. The fraction of sp³-hybridized carbons (Fsp3) is 0.250. The molecule has 1 heterocycles. The van der Waals surface area contributed by atoms with Crippen LogP contribution in [0, 0.1) is 0 Å². The molecule has 1 aromatic carbocycles. The second-order valence-electron chi connectivity index (χ2n) is 4.70. The van der Waals surface area contributed by atoms with E-state index in [1.165, 1.54) is 12.1 Å². The molecule has 0 saturated carbocycles. The van der Waals surface area contributed by atoms with E-state index < -0.39 is 0 Å².